The Morgan fingerprint density at radius 2 is 1.97 bits per heavy atom. The van der Waals surface area contributed by atoms with Gasteiger partial charge < -0.3 is 10.6 Å². The lowest BCUT2D eigenvalue weighted by Gasteiger charge is -2.29. The lowest BCUT2D eigenvalue weighted by molar-refractivity contribution is 0.245. The number of guanidine groups is 1. The number of nitrogens with zero attached hydrogens (tertiary/aromatic N) is 5. The molecular formula is C22H29ClIN7. The second-order valence-corrected chi connectivity index (χ2v) is 7.87. The first-order valence-electron chi connectivity index (χ1n) is 10.5. The Kier molecular flexibility index (Phi) is 8.91. The Morgan fingerprint density at radius 1 is 1.13 bits per heavy atom. The highest BCUT2D eigenvalue weighted by atomic mass is 127. The topological polar surface area (TPSA) is 69.8 Å². The maximum absolute atomic E-state index is 6.27. The monoisotopic (exact) mass is 553 g/mol. The van der Waals surface area contributed by atoms with Crippen molar-refractivity contribution in [2.24, 2.45) is 4.99 Å². The summed E-state index contributed by atoms with van der Waals surface area (Å²) in [5, 5.41) is 16.1. The molecule has 4 rings (SSSR count). The van der Waals surface area contributed by atoms with E-state index in [9.17, 15) is 0 Å². The Hall–Kier alpha value is -1.91. The van der Waals surface area contributed by atoms with E-state index in [0.29, 0.717) is 6.54 Å². The number of halogens is 2. The first-order chi connectivity index (χ1) is 14.7. The average Bonchev–Trinajstić information content (AvgIpc) is 3.42. The maximum atomic E-state index is 6.27. The van der Waals surface area contributed by atoms with Crippen LogP contribution in [-0.4, -0.2) is 51.6 Å². The van der Waals surface area contributed by atoms with Gasteiger partial charge in [0.25, 0.3) is 0 Å². The molecule has 1 atom stereocenters. The molecule has 0 bridgehead atoms. The molecular weight excluding hydrogens is 525 g/mol. The van der Waals surface area contributed by atoms with Gasteiger partial charge in [0.15, 0.2) is 17.4 Å². The van der Waals surface area contributed by atoms with Gasteiger partial charge in [0.05, 0.1) is 6.04 Å². The van der Waals surface area contributed by atoms with Crippen molar-refractivity contribution >= 4 is 47.2 Å². The smallest absolute Gasteiger partial charge is 0.191 e. The number of hydrogen-bond donors (Lipinski definition) is 2. The number of nitrogens with one attached hydrogen (secondary N) is 2. The van der Waals surface area contributed by atoms with Gasteiger partial charge in [0.1, 0.15) is 6.54 Å². The van der Waals surface area contributed by atoms with Gasteiger partial charge >= 0.3 is 0 Å². The Labute approximate surface area is 205 Å². The number of likely N-dealkylation sites (tertiary alicyclic amines) is 1. The summed E-state index contributed by atoms with van der Waals surface area (Å²) in [7, 11) is 0. The largest absolute Gasteiger partial charge is 0.357 e. The molecule has 0 amide bonds. The van der Waals surface area contributed by atoms with E-state index in [1.807, 2.05) is 40.9 Å². The molecule has 0 aliphatic carbocycles. The summed E-state index contributed by atoms with van der Waals surface area (Å²) in [5.41, 5.74) is 2.06. The van der Waals surface area contributed by atoms with Crippen molar-refractivity contribution in [3.63, 3.8) is 0 Å². The molecule has 0 spiro atoms. The highest BCUT2D eigenvalue weighted by Gasteiger charge is 2.24. The van der Waals surface area contributed by atoms with Crippen LogP contribution in [0.25, 0.3) is 5.65 Å². The minimum Gasteiger partial charge on any atom is -0.357 e. The minimum atomic E-state index is 0. The Morgan fingerprint density at radius 3 is 2.74 bits per heavy atom. The molecule has 0 saturated carbocycles. The molecule has 31 heavy (non-hydrogen) atoms. The predicted octanol–water partition coefficient (Wildman–Crippen LogP) is 3.89. The van der Waals surface area contributed by atoms with Crippen molar-refractivity contribution in [3.8, 4) is 0 Å². The van der Waals surface area contributed by atoms with Crippen LogP contribution < -0.4 is 10.6 Å². The molecule has 1 saturated heterocycles. The van der Waals surface area contributed by atoms with Gasteiger partial charge in [-0.2, -0.15) is 0 Å². The fourth-order valence-electron chi connectivity index (χ4n) is 3.91. The van der Waals surface area contributed by atoms with E-state index in [4.69, 9.17) is 16.6 Å². The molecule has 3 heterocycles. The van der Waals surface area contributed by atoms with Crippen LogP contribution in [0.1, 0.15) is 37.2 Å². The molecule has 1 unspecified atom stereocenters. The first-order valence-corrected chi connectivity index (χ1v) is 10.9. The third kappa shape index (κ3) is 6.08. The zero-order valence-corrected chi connectivity index (χ0v) is 20.8. The van der Waals surface area contributed by atoms with E-state index < -0.39 is 0 Å². The zero-order valence-electron chi connectivity index (χ0n) is 17.7. The summed E-state index contributed by atoms with van der Waals surface area (Å²) in [5.74, 6) is 1.59. The second-order valence-electron chi connectivity index (χ2n) is 7.44. The summed E-state index contributed by atoms with van der Waals surface area (Å²) in [6.07, 6.45) is 4.44. The first kappa shape index (κ1) is 23.7. The SMILES string of the molecule is CCNC(=NCc1nnc2ccccn12)NCC(c1cccc(Cl)c1)N1CCCC1.I. The summed E-state index contributed by atoms with van der Waals surface area (Å²) < 4.78 is 1.96. The number of aliphatic imine (C=N–C) groups is 1. The van der Waals surface area contributed by atoms with E-state index in [0.717, 1.165) is 48.6 Å². The third-order valence-corrected chi connectivity index (χ3v) is 5.62. The van der Waals surface area contributed by atoms with Crippen LogP contribution >= 0.6 is 35.6 Å². The van der Waals surface area contributed by atoms with E-state index in [2.05, 4.69) is 44.8 Å². The summed E-state index contributed by atoms with van der Waals surface area (Å²) >= 11 is 6.27. The molecule has 1 aliphatic heterocycles. The Balaban J connectivity index is 0.00000272. The molecule has 3 aromatic rings. The summed E-state index contributed by atoms with van der Waals surface area (Å²) in [6, 6.07) is 14.3. The average molecular weight is 554 g/mol. The fourth-order valence-corrected chi connectivity index (χ4v) is 4.11. The van der Waals surface area contributed by atoms with Crippen LogP contribution in [0, 0.1) is 0 Å². The molecule has 0 radical (unpaired) electrons. The van der Waals surface area contributed by atoms with Crippen LogP contribution in [0.3, 0.4) is 0 Å². The van der Waals surface area contributed by atoms with E-state index in [-0.39, 0.29) is 30.0 Å². The molecule has 2 aromatic heterocycles. The highest BCUT2D eigenvalue weighted by Crippen LogP contribution is 2.26. The molecule has 9 heteroatoms. The molecule has 1 aliphatic rings. The van der Waals surface area contributed by atoms with Gasteiger partial charge in [-0.1, -0.05) is 29.8 Å². The van der Waals surface area contributed by atoms with Crippen molar-refractivity contribution in [2.75, 3.05) is 26.2 Å². The molecule has 166 valence electrons. The normalized spacial score (nSPS) is 15.6. The van der Waals surface area contributed by atoms with E-state index in [1.165, 1.54) is 18.4 Å². The highest BCUT2D eigenvalue weighted by molar-refractivity contribution is 14.0. The molecule has 2 N–H and O–H groups in total. The van der Waals surface area contributed by atoms with Gasteiger partial charge in [0, 0.05) is 24.3 Å². The van der Waals surface area contributed by atoms with Crippen LogP contribution in [0.2, 0.25) is 5.02 Å². The van der Waals surface area contributed by atoms with Crippen LogP contribution in [-0.2, 0) is 6.54 Å². The molecule has 1 aromatic carbocycles. The van der Waals surface area contributed by atoms with Crippen molar-refractivity contribution < 1.29 is 0 Å². The summed E-state index contributed by atoms with van der Waals surface area (Å²) in [4.78, 5) is 7.26. The van der Waals surface area contributed by atoms with Crippen molar-refractivity contribution in [1.82, 2.24) is 30.1 Å². The fraction of sp³-hybridized carbons (Fsp3) is 0.409. The van der Waals surface area contributed by atoms with Crippen LogP contribution in [0.15, 0.2) is 53.7 Å². The maximum Gasteiger partial charge on any atom is 0.191 e. The van der Waals surface area contributed by atoms with Crippen molar-refractivity contribution in [3.05, 3.63) is 65.1 Å². The third-order valence-electron chi connectivity index (χ3n) is 5.38. The van der Waals surface area contributed by atoms with Crippen LogP contribution in [0.5, 0.6) is 0 Å². The van der Waals surface area contributed by atoms with Gasteiger partial charge in [-0.05, 0) is 62.7 Å². The molecule has 1 fully saturated rings. The van der Waals surface area contributed by atoms with Crippen LogP contribution in [0.4, 0.5) is 0 Å². The van der Waals surface area contributed by atoms with Gasteiger partial charge in [-0.15, -0.1) is 34.2 Å². The minimum absolute atomic E-state index is 0. The zero-order chi connectivity index (χ0) is 20.8. The standard InChI is InChI=1S/C22H28ClN7.HI/c1-2-24-22(26-16-21-28-27-20-10-3-4-13-30(20)21)25-15-19(29-11-5-6-12-29)17-8-7-9-18(23)14-17;/h3-4,7-10,13-14,19H,2,5-6,11-12,15-16H2,1H3,(H2,24,25,26);1H. The second kappa shape index (κ2) is 11.6. The van der Waals surface area contributed by atoms with Gasteiger partial charge in [0.2, 0.25) is 0 Å². The number of hydrogen-bond acceptors (Lipinski definition) is 4. The predicted molar refractivity (Wildman–Crippen MR) is 136 cm³/mol. The number of benzene rings is 1. The number of pyridine rings is 1. The molecule has 7 nitrogen and oxygen atoms in total. The summed E-state index contributed by atoms with van der Waals surface area (Å²) in [6.45, 7) is 6.28. The lowest BCUT2D eigenvalue weighted by Crippen LogP contribution is -2.42. The van der Waals surface area contributed by atoms with Crippen molar-refractivity contribution in [2.45, 2.75) is 32.4 Å². The van der Waals surface area contributed by atoms with E-state index >= 15 is 0 Å². The van der Waals surface area contributed by atoms with Gasteiger partial charge in [-0.3, -0.25) is 9.30 Å². The number of aromatic nitrogens is 3. The quantitative estimate of drug-likeness (QED) is 0.264. The van der Waals surface area contributed by atoms with Gasteiger partial charge in [-0.25, -0.2) is 4.99 Å². The lowest BCUT2D eigenvalue weighted by atomic mass is 10.1. The number of rotatable bonds is 7. The number of fused-ring (bicyclic) bond motifs is 1. The van der Waals surface area contributed by atoms with E-state index in [1.54, 1.807) is 0 Å². The Bertz CT molecular complexity index is 1000. The van der Waals surface area contributed by atoms with Crippen molar-refractivity contribution in [1.29, 1.82) is 0 Å².